The Balaban J connectivity index is 2.20. The maximum absolute atomic E-state index is 3.11. The van der Waals surface area contributed by atoms with Crippen LogP contribution in [0.4, 0.5) is 0 Å². The zero-order chi connectivity index (χ0) is 9.26. The van der Waals surface area contributed by atoms with Crippen LogP contribution in [-0.4, -0.2) is 12.1 Å². The second kappa shape index (κ2) is 3.43. The largest absolute Gasteiger partial charge is 0.220 e. The zero-order valence-electron chi connectivity index (χ0n) is 7.83. The SMILES string of the molecule is Cc1ccc(C2NNNN2C)cc1. The molecule has 2 rings (SSSR count). The lowest BCUT2D eigenvalue weighted by Gasteiger charge is -2.17. The molecule has 0 saturated carbocycles. The fourth-order valence-corrected chi connectivity index (χ4v) is 1.41. The lowest BCUT2D eigenvalue weighted by molar-refractivity contribution is 0.224. The van der Waals surface area contributed by atoms with E-state index in [1.807, 2.05) is 12.1 Å². The Hall–Kier alpha value is -0.940. The van der Waals surface area contributed by atoms with Gasteiger partial charge in [-0.2, -0.15) is 11.1 Å². The van der Waals surface area contributed by atoms with Gasteiger partial charge in [0, 0.05) is 7.05 Å². The second-order valence-electron chi connectivity index (χ2n) is 3.31. The number of nitrogens with zero attached hydrogens (tertiary/aromatic N) is 1. The molecule has 1 aromatic carbocycles. The van der Waals surface area contributed by atoms with Crippen molar-refractivity contribution in [3.8, 4) is 0 Å². The van der Waals surface area contributed by atoms with E-state index in [9.17, 15) is 0 Å². The Labute approximate surface area is 77.8 Å². The van der Waals surface area contributed by atoms with Crippen molar-refractivity contribution in [1.82, 2.24) is 21.5 Å². The normalized spacial score (nSPS) is 23.7. The average molecular weight is 178 g/mol. The summed E-state index contributed by atoms with van der Waals surface area (Å²) in [7, 11) is 1.98. The number of rotatable bonds is 1. The average Bonchev–Trinajstić information content (AvgIpc) is 2.53. The van der Waals surface area contributed by atoms with E-state index in [2.05, 4.69) is 47.7 Å². The topological polar surface area (TPSA) is 39.3 Å². The molecule has 0 aliphatic carbocycles. The molecule has 13 heavy (non-hydrogen) atoms. The summed E-state index contributed by atoms with van der Waals surface area (Å²) in [5.41, 5.74) is 11.4. The second-order valence-corrected chi connectivity index (χ2v) is 3.31. The molecule has 0 bridgehead atoms. The number of nitrogens with one attached hydrogen (secondary N) is 3. The predicted octanol–water partition coefficient (Wildman–Crippen LogP) is 0.453. The molecule has 1 saturated heterocycles. The van der Waals surface area contributed by atoms with Crippen molar-refractivity contribution < 1.29 is 0 Å². The molecular weight excluding hydrogens is 164 g/mol. The predicted molar refractivity (Wildman–Crippen MR) is 51.1 cm³/mol. The molecule has 0 aromatic heterocycles. The van der Waals surface area contributed by atoms with E-state index in [0.29, 0.717) is 0 Å². The Morgan fingerprint density at radius 2 is 1.92 bits per heavy atom. The smallest absolute Gasteiger partial charge is 0.114 e. The molecule has 70 valence electrons. The van der Waals surface area contributed by atoms with Gasteiger partial charge < -0.3 is 0 Å². The van der Waals surface area contributed by atoms with Gasteiger partial charge in [0.05, 0.1) is 0 Å². The van der Waals surface area contributed by atoms with Gasteiger partial charge in [-0.1, -0.05) is 29.8 Å². The van der Waals surface area contributed by atoms with Crippen LogP contribution >= 0.6 is 0 Å². The molecule has 1 fully saturated rings. The van der Waals surface area contributed by atoms with Crippen LogP contribution in [0.25, 0.3) is 0 Å². The van der Waals surface area contributed by atoms with Gasteiger partial charge >= 0.3 is 0 Å². The van der Waals surface area contributed by atoms with Gasteiger partial charge in [0.1, 0.15) is 6.17 Å². The van der Waals surface area contributed by atoms with Crippen LogP contribution in [0.2, 0.25) is 0 Å². The summed E-state index contributed by atoms with van der Waals surface area (Å²) in [6.07, 6.45) is 0.195. The van der Waals surface area contributed by atoms with Crippen LogP contribution in [0.3, 0.4) is 0 Å². The Morgan fingerprint density at radius 3 is 2.46 bits per heavy atom. The molecule has 1 heterocycles. The summed E-state index contributed by atoms with van der Waals surface area (Å²) in [5, 5.41) is 1.98. The number of hydrogen-bond acceptors (Lipinski definition) is 4. The quantitative estimate of drug-likeness (QED) is 0.584. The van der Waals surface area contributed by atoms with Crippen LogP contribution in [0.15, 0.2) is 24.3 Å². The lowest BCUT2D eigenvalue weighted by atomic mass is 10.1. The van der Waals surface area contributed by atoms with Crippen LogP contribution in [0.1, 0.15) is 17.3 Å². The maximum atomic E-state index is 3.11. The van der Waals surface area contributed by atoms with Gasteiger partial charge in [-0.3, -0.25) is 0 Å². The van der Waals surface area contributed by atoms with Gasteiger partial charge in [-0.15, -0.1) is 0 Å². The van der Waals surface area contributed by atoms with E-state index in [4.69, 9.17) is 0 Å². The van der Waals surface area contributed by atoms with Gasteiger partial charge in [-0.05, 0) is 12.5 Å². The summed E-state index contributed by atoms with van der Waals surface area (Å²) in [6.45, 7) is 2.09. The fraction of sp³-hybridized carbons (Fsp3) is 0.333. The minimum absolute atomic E-state index is 0.195. The van der Waals surface area contributed by atoms with Crippen LogP contribution in [-0.2, 0) is 0 Å². The molecule has 3 N–H and O–H groups in total. The number of benzene rings is 1. The third-order valence-electron chi connectivity index (χ3n) is 2.22. The van der Waals surface area contributed by atoms with E-state index in [0.717, 1.165) is 0 Å². The highest BCUT2D eigenvalue weighted by atomic mass is 15.9. The van der Waals surface area contributed by atoms with Crippen molar-refractivity contribution in [2.24, 2.45) is 0 Å². The molecule has 1 aromatic rings. The molecule has 4 heteroatoms. The minimum atomic E-state index is 0.195. The van der Waals surface area contributed by atoms with Crippen molar-refractivity contribution in [3.05, 3.63) is 35.4 Å². The lowest BCUT2D eigenvalue weighted by Crippen LogP contribution is -2.34. The molecule has 4 nitrogen and oxygen atoms in total. The zero-order valence-corrected chi connectivity index (χ0v) is 7.83. The van der Waals surface area contributed by atoms with Gasteiger partial charge in [0.25, 0.3) is 0 Å². The first kappa shape index (κ1) is 8.65. The van der Waals surface area contributed by atoms with Crippen molar-refractivity contribution >= 4 is 0 Å². The van der Waals surface area contributed by atoms with E-state index >= 15 is 0 Å². The minimum Gasteiger partial charge on any atom is -0.220 e. The third-order valence-corrected chi connectivity index (χ3v) is 2.22. The fourth-order valence-electron chi connectivity index (χ4n) is 1.41. The number of hydrogen-bond donors (Lipinski definition) is 3. The Bertz CT molecular complexity index is 282. The molecule has 1 atom stereocenters. The first-order valence-corrected chi connectivity index (χ1v) is 4.33. The third kappa shape index (κ3) is 1.71. The summed E-state index contributed by atoms with van der Waals surface area (Å²) in [6, 6.07) is 8.47. The highest BCUT2D eigenvalue weighted by Gasteiger charge is 2.20. The van der Waals surface area contributed by atoms with E-state index < -0.39 is 0 Å². The number of hydrazine groups is 3. The van der Waals surface area contributed by atoms with Crippen molar-refractivity contribution in [2.45, 2.75) is 13.1 Å². The highest BCUT2D eigenvalue weighted by Crippen LogP contribution is 2.16. The monoisotopic (exact) mass is 178 g/mol. The molecule has 0 radical (unpaired) electrons. The van der Waals surface area contributed by atoms with Crippen molar-refractivity contribution in [3.63, 3.8) is 0 Å². The van der Waals surface area contributed by atoms with Crippen molar-refractivity contribution in [2.75, 3.05) is 7.05 Å². The van der Waals surface area contributed by atoms with Gasteiger partial charge in [0.2, 0.25) is 0 Å². The number of aryl methyl sites for hydroxylation is 1. The first-order valence-electron chi connectivity index (χ1n) is 4.33. The van der Waals surface area contributed by atoms with Crippen LogP contribution in [0, 0.1) is 6.92 Å². The highest BCUT2D eigenvalue weighted by molar-refractivity contribution is 5.23. The van der Waals surface area contributed by atoms with Crippen LogP contribution < -0.4 is 16.5 Å². The maximum Gasteiger partial charge on any atom is 0.114 e. The van der Waals surface area contributed by atoms with Gasteiger partial charge in [-0.25, -0.2) is 10.4 Å². The summed E-state index contributed by atoms with van der Waals surface area (Å²) < 4.78 is 0. The summed E-state index contributed by atoms with van der Waals surface area (Å²) in [5.74, 6) is 0. The van der Waals surface area contributed by atoms with E-state index in [1.165, 1.54) is 11.1 Å². The molecular formula is C9H14N4. The van der Waals surface area contributed by atoms with Gasteiger partial charge in [0.15, 0.2) is 0 Å². The molecule has 0 amide bonds. The van der Waals surface area contributed by atoms with E-state index in [-0.39, 0.29) is 6.17 Å². The standard InChI is InChI=1S/C9H14N4/c1-7-3-5-8(6-4-7)9-10-11-12-13(9)2/h3-6,9-12H,1-2H3. The molecule has 0 spiro atoms. The summed E-state index contributed by atoms with van der Waals surface area (Å²) in [4.78, 5) is 0. The van der Waals surface area contributed by atoms with E-state index in [1.54, 1.807) is 0 Å². The first-order chi connectivity index (χ1) is 6.27. The van der Waals surface area contributed by atoms with Crippen molar-refractivity contribution in [1.29, 1.82) is 0 Å². The van der Waals surface area contributed by atoms with Crippen LogP contribution in [0.5, 0.6) is 0 Å². The Morgan fingerprint density at radius 1 is 1.23 bits per heavy atom. The summed E-state index contributed by atoms with van der Waals surface area (Å²) >= 11 is 0. The molecule has 1 unspecified atom stereocenters. The Kier molecular flexibility index (Phi) is 2.28. The molecule has 1 aliphatic heterocycles. The molecule has 1 aliphatic rings.